The first kappa shape index (κ1) is 15.2. The number of carbonyl (C=O) groups is 1. The normalized spacial score (nSPS) is 12.0. The molecule has 0 aromatic heterocycles. The molecular formula is C11H14BrNaO2. The van der Waals surface area contributed by atoms with Crippen LogP contribution < -0.4 is 29.6 Å². The summed E-state index contributed by atoms with van der Waals surface area (Å²) in [6.07, 6.45) is 0. The van der Waals surface area contributed by atoms with Gasteiger partial charge in [0.05, 0.1) is 5.92 Å². The zero-order valence-electron chi connectivity index (χ0n) is 10.2. The number of carboxylic acids is 1. The van der Waals surface area contributed by atoms with Crippen LogP contribution in [0.3, 0.4) is 0 Å². The Morgan fingerprint density at radius 2 is 1.80 bits per heavy atom. The second kappa shape index (κ2) is 6.69. The van der Waals surface area contributed by atoms with E-state index in [-0.39, 0.29) is 36.9 Å². The van der Waals surface area contributed by atoms with Crippen LogP contribution in [0.25, 0.3) is 0 Å². The third-order valence-electron chi connectivity index (χ3n) is 2.16. The van der Waals surface area contributed by atoms with Crippen LogP contribution >= 0.6 is 15.9 Å². The average Bonchev–Trinajstić information content (AvgIpc) is 2.07. The number of benzene rings is 1. The molecule has 1 N–H and O–H groups in total. The maximum absolute atomic E-state index is 11.0. The van der Waals surface area contributed by atoms with Gasteiger partial charge in [-0.05, 0) is 23.6 Å². The van der Waals surface area contributed by atoms with Crippen LogP contribution in [-0.4, -0.2) is 11.1 Å². The van der Waals surface area contributed by atoms with Crippen molar-refractivity contribution in [1.82, 2.24) is 0 Å². The molecule has 0 aliphatic rings. The van der Waals surface area contributed by atoms with Crippen LogP contribution in [0.1, 0.15) is 26.8 Å². The molecule has 1 aromatic rings. The fourth-order valence-electron chi connectivity index (χ4n) is 1.48. The molecule has 0 saturated heterocycles. The molecule has 0 saturated carbocycles. The SMILES string of the molecule is CC(C)C(C(=O)O)c1ccc(Br)cc1.[H-].[Na+]. The molecule has 15 heavy (non-hydrogen) atoms. The number of hydrogen-bond acceptors (Lipinski definition) is 1. The van der Waals surface area contributed by atoms with Gasteiger partial charge < -0.3 is 6.53 Å². The van der Waals surface area contributed by atoms with Gasteiger partial charge in [-0.1, -0.05) is 41.9 Å². The molecule has 1 rings (SSSR count). The number of carboxylic acid groups (broad SMARTS) is 1. The van der Waals surface area contributed by atoms with E-state index >= 15 is 0 Å². The molecule has 0 aliphatic heterocycles. The molecule has 4 heteroatoms. The second-order valence-corrected chi connectivity index (χ2v) is 4.53. The Labute approximate surface area is 122 Å². The zero-order chi connectivity index (χ0) is 10.7. The van der Waals surface area contributed by atoms with Gasteiger partial charge in [0.15, 0.2) is 0 Å². The Morgan fingerprint density at radius 3 is 2.13 bits per heavy atom. The van der Waals surface area contributed by atoms with E-state index in [0.29, 0.717) is 0 Å². The first-order valence-corrected chi connectivity index (χ1v) is 5.30. The summed E-state index contributed by atoms with van der Waals surface area (Å²) in [5.41, 5.74) is 0.857. The average molecular weight is 281 g/mol. The molecule has 1 aromatic carbocycles. The van der Waals surface area contributed by atoms with Gasteiger partial charge in [-0.2, -0.15) is 0 Å². The fraction of sp³-hybridized carbons (Fsp3) is 0.364. The van der Waals surface area contributed by atoms with Crippen molar-refractivity contribution in [3.05, 3.63) is 34.3 Å². The molecule has 0 amide bonds. The van der Waals surface area contributed by atoms with Gasteiger partial charge in [0.1, 0.15) is 0 Å². The molecule has 0 heterocycles. The predicted octanol–water partition coefficient (Wildman–Crippen LogP) is 0.390. The van der Waals surface area contributed by atoms with E-state index in [1.165, 1.54) is 0 Å². The molecule has 0 spiro atoms. The monoisotopic (exact) mass is 280 g/mol. The number of rotatable bonds is 3. The molecule has 1 atom stereocenters. The van der Waals surface area contributed by atoms with Gasteiger partial charge in [0, 0.05) is 4.47 Å². The van der Waals surface area contributed by atoms with Crippen molar-refractivity contribution in [2.45, 2.75) is 19.8 Å². The summed E-state index contributed by atoms with van der Waals surface area (Å²) in [6, 6.07) is 7.44. The first-order chi connectivity index (χ1) is 6.52. The van der Waals surface area contributed by atoms with E-state index in [9.17, 15) is 4.79 Å². The molecule has 0 fully saturated rings. The smallest absolute Gasteiger partial charge is 1.00 e. The van der Waals surface area contributed by atoms with Gasteiger partial charge in [-0.15, -0.1) is 0 Å². The topological polar surface area (TPSA) is 37.3 Å². The van der Waals surface area contributed by atoms with Crippen molar-refractivity contribution >= 4 is 21.9 Å². The molecule has 78 valence electrons. The fourth-order valence-corrected chi connectivity index (χ4v) is 1.75. The minimum absolute atomic E-state index is 0. The number of hydrogen-bond donors (Lipinski definition) is 1. The number of aliphatic carboxylic acids is 1. The van der Waals surface area contributed by atoms with Crippen LogP contribution in [-0.2, 0) is 4.79 Å². The molecule has 1 unspecified atom stereocenters. The van der Waals surface area contributed by atoms with E-state index in [0.717, 1.165) is 10.0 Å². The third-order valence-corrected chi connectivity index (χ3v) is 2.69. The largest absolute Gasteiger partial charge is 1.00 e. The van der Waals surface area contributed by atoms with Crippen molar-refractivity contribution in [1.29, 1.82) is 0 Å². The Kier molecular flexibility index (Phi) is 6.76. The Morgan fingerprint density at radius 1 is 1.33 bits per heavy atom. The zero-order valence-corrected chi connectivity index (χ0v) is 12.8. The van der Waals surface area contributed by atoms with E-state index in [4.69, 9.17) is 5.11 Å². The summed E-state index contributed by atoms with van der Waals surface area (Å²) in [6.45, 7) is 3.83. The van der Waals surface area contributed by atoms with Crippen molar-refractivity contribution in [2.75, 3.05) is 0 Å². The summed E-state index contributed by atoms with van der Waals surface area (Å²) in [5, 5.41) is 9.05. The Bertz CT molecular complexity index is 327. The minimum Gasteiger partial charge on any atom is -1.00 e. The number of halogens is 1. The molecule has 0 aliphatic carbocycles. The van der Waals surface area contributed by atoms with Gasteiger partial charge in [0.25, 0.3) is 0 Å². The molecular weight excluding hydrogens is 267 g/mol. The van der Waals surface area contributed by atoms with Gasteiger partial charge in [0.2, 0.25) is 0 Å². The minimum atomic E-state index is -0.762. The standard InChI is InChI=1S/C11H13BrO2.Na.H/c1-7(2)10(11(13)14)8-3-5-9(12)6-4-8;;/h3-7,10H,1-2H3,(H,13,14);;/q;+1;-1. The summed E-state index contributed by atoms with van der Waals surface area (Å²) < 4.78 is 0.967. The maximum atomic E-state index is 11.0. The summed E-state index contributed by atoms with van der Waals surface area (Å²) in [7, 11) is 0. The van der Waals surface area contributed by atoms with Crippen LogP contribution in [0.4, 0.5) is 0 Å². The van der Waals surface area contributed by atoms with E-state index in [1.54, 1.807) is 0 Å². The van der Waals surface area contributed by atoms with Crippen molar-refractivity contribution in [3.8, 4) is 0 Å². The van der Waals surface area contributed by atoms with Gasteiger partial charge in [-0.3, -0.25) is 4.79 Å². The van der Waals surface area contributed by atoms with Crippen molar-refractivity contribution in [2.24, 2.45) is 5.92 Å². The summed E-state index contributed by atoms with van der Waals surface area (Å²) >= 11 is 3.32. The Hall–Kier alpha value is 0.170. The van der Waals surface area contributed by atoms with Gasteiger partial charge >= 0.3 is 35.5 Å². The van der Waals surface area contributed by atoms with Gasteiger partial charge in [-0.25, -0.2) is 0 Å². The molecule has 0 bridgehead atoms. The van der Waals surface area contributed by atoms with Crippen LogP contribution in [0, 0.1) is 5.92 Å². The Balaban J connectivity index is 0. The van der Waals surface area contributed by atoms with Crippen molar-refractivity contribution in [3.63, 3.8) is 0 Å². The second-order valence-electron chi connectivity index (χ2n) is 3.61. The summed E-state index contributed by atoms with van der Waals surface area (Å²) in [5.74, 6) is -1.07. The van der Waals surface area contributed by atoms with E-state index < -0.39 is 11.9 Å². The van der Waals surface area contributed by atoms with E-state index in [1.807, 2.05) is 38.1 Å². The van der Waals surface area contributed by atoms with Crippen molar-refractivity contribution < 1.29 is 40.9 Å². The summed E-state index contributed by atoms with van der Waals surface area (Å²) in [4.78, 5) is 11.0. The first-order valence-electron chi connectivity index (χ1n) is 4.50. The third kappa shape index (κ3) is 4.27. The van der Waals surface area contributed by atoms with E-state index in [2.05, 4.69) is 15.9 Å². The van der Waals surface area contributed by atoms with Crippen LogP contribution in [0.5, 0.6) is 0 Å². The quantitative estimate of drug-likeness (QED) is 0.814. The molecule has 2 nitrogen and oxygen atoms in total. The molecule has 0 radical (unpaired) electrons. The maximum Gasteiger partial charge on any atom is 1.00 e. The van der Waals surface area contributed by atoms with Crippen LogP contribution in [0.15, 0.2) is 28.7 Å². The van der Waals surface area contributed by atoms with Crippen LogP contribution in [0.2, 0.25) is 0 Å². The predicted molar refractivity (Wildman–Crippen MR) is 60.5 cm³/mol.